The van der Waals surface area contributed by atoms with Crippen LogP contribution in [0.4, 0.5) is 0 Å². The van der Waals surface area contributed by atoms with E-state index in [1.54, 1.807) is 0 Å². The van der Waals surface area contributed by atoms with E-state index < -0.39 is 6.29 Å². The number of pyridine rings is 2. The number of hydroxylamine groups is 1. The van der Waals surface area contributed by atoms with E-state index >= 15 is 0 Å². The van der Waals surface area contributed by atoms with E-state index in [1.165, 1.54) is 5.56 Å². The van der Waals surface area contributed by atoms with Crippen molar-refractivity contribution in [3.05, 3.63) is 84.2 Å². The smallest absolute Gasteiger partial charge is 0.275 e. The lowest BCUT2D eigenvalue weighted by Crippen LogP contribution is -2.33. The normalized spacial score (nSPS) is 15.6. The summed E-state index contributed by atoms with van der Waals surface area (Å²) in [6.45, 7) is 0.846. The van der Waals surface area contributed by atoms with Crippen LogP contribution in [0.2, 0.25) is 0 Å². The molecule has 0 spiro atoms. The molecule has 4 aromatic rings. The Morgan fingerprint density at radius 3 is 2.51 bits per heavy atom. The molecule has 2 aromatic heterocycles. The SMILES string of the molecule is C[n+]1ccc2nc(-c3ccc(-c4ccc(CCCO)cc4)cc3)cc(C(=O)NOC3CCCCO3)c2c1. The molecule has 1 atom stereocenters. The summed E-state index contributed by atoms with van der Waals surface area (Å²) in [5.74, 6) is -0.327. The Balaban J connectivity index is 1.40. The monoisotopic (exact) mass is 498 g/mol. The molecule has 37 heavy (non-hydrogen) atoms. The molecule has 1 fully saturated rings. The van der Waals surface area contributed by atoms with Crippen molar-refractivity contribution in [1.82, 2.24) is 10.5 Å². The highest BCUT2D eigenvalue weighted by molar-refractivity contribution is 6.06. The first-order valence-corrected chi connectivity index (χ1v) is 12.8. The number of hydrogen-bond acceptors (Lipinski definition) is 5. The highest BCUT2D eigenvalue weighted by atomic mass is 16.8. The lowest BCUT2D eigenvalue weighted by atomic mass is 9.99. The number of aromatic nitrogens is 2. The van der Waals surface area contributed by atoms with Gasteiger partial charge in [-0.3, -0.25) is 4.79 Å². The molecular formula is C30H32N3O4+. The first kappa shape index (κ1) is 25.0. The number of ether oxygens (including phenoxy) is 1. The molecule has 2 N–H and O–H groups in total. The van der Waals surface area contributed by atoms with Gasteiger partial charge in [0.1, 0.15) is 7.05 Å². The lowest BCUT2D eigenvalue weighted by molar-refractivity contribution is -0.670. The molecule has 0 bridgehead atoms. The van der Waals surface area contributed by atoms with Gasteiger partial charge < -0.3 is 9.84 Å². The maximum atomic E-state index is 13.2. The predicted octanol–water partition coefficient (Wildman–Crippen LogP) is 4.51. The van der Waals surface area contributed by atoms with Gasteiger partial charge in [0.15, 0.2) is 18.7 Å². The van der Waals surface area contributed by atoms with Crippen LogP contribution in [0.1, 0.15) is 41.6 Å². The van der Waals surface area contributed by atoms with E-state index in [9.17, 15) is 4.79 Å². The van der Waals surface area contributed by atoms with Crippen molar-refractivity contribution >= 4 is 16.8 Å². The fourth-order valence-electron chi connectivity index (χ4n) is 4.57. The maximum Gasteiger partial charge on any atom is 0.275 e. The van der Waals surface area contributed by atoms with E-state index in [4.69, 9.17) is 19.7 Å². The molecule has 7 heteroatoms. The Morgan fingerprint density at radius 1 is 1.08 bits per heavy atom. The van der Waals surface area contributed by atoms with E-state index in [0.717, 1.165) is 59.7 Å². The Labute approximate surface area is 216 Å². The second kappa shape index (κ2) is 11.6. The highest BCUT2D eigenvalue weighted by Crippen LogP contribution is 2.27. The van der Waals surface area contributed by atoms with Gasteiger partial charge in [0.2, 0.25) is 0 Å². The van der Waals surface area contributed by atoms with Crippen LogP contribution in [0.5, 0.6) is 0 Å². The summed E-state index contributed by atoms with van der Waals surface area (Å²) >= 11 is 0. The van der Waals surface area contributed by atoms with Crippen molar-refractivity contribution in [2.45, 2.75) is 38.4 Å². The number of nitrogens with one attached hydrogen (secondary N) is 1. The third kappa shape index (κ3) is 6.02. The summed E-state index contributed by atoms with van der Waals surface area (Å²) in [5.41, 5.74) is 8.90. The van der Waals surface area contributed by atoms with Crippen LogP contribution >= 0.6 is 0 Å². The second-order valence-corrected chi connectivity index (χ2v) is 9.41. The molecule has 1 unspecified atom stereocenters. The van der Waals surface area contributed by atoms with Gasteiger partial charge in [-0.1, -0.05) is 48.5 Å². The summed E-state index contributed by atoms with van der Waals surface area (Å²) in [6, 6.07) is 20.3. The van der Waals surface area contributed by atoms with E-state index in [0.29, 0.717) is 17.9 Å². The molecule has 190 valence electrons. The minimum Gasteiger partial charge on any atom is -0.396 e. The molecule has 3 heterocycles. The Bertz CT molecular complexity index is 1360. The minimum atomic E-state index is -0.419. The lowest BCUT2D eigenvalue weighted by Gasteiger charge is -2.22. The number of amides is 1. The van der Waals surface area contributed by atoms with Crippen molar-refractivity contribution in [1.29, 1.82) is 0 Å². The average molecular weight is 499 g/mol. The Hall–Kier alpha value is -3.65. The van der Waals surface area contributed by atoms with Gasteiger partial charge in [-0.15, -0.1) is 0 Å². The number of carbonyl (C=O) groups is 1. The molecule has 1 amide bonds. The maximum absolute atomic E-state index is 13.2. The van der Waals surface area contributed by atoms with Crippen LogP contribution < -0.4 is 10.0 Å². The summed E-state index contributed by atoms with van der Waals surface area (Å²) in [4.78, 5) is 23.6. The van der Waals surface area contributed by atoms with E-state index in [-0.39, 0.29) is 12.5 Å². The zero-order chi connectivity index (χ0) is 25.6. The number of aryl methyl sites for hydroxylation is 2. The summed E-state index contributed by atoms with van der Waals surface area (Å²) in [6.07, 6.45) is 7.82. The van der Waals surface area contributed by atoms with Crippen molar-refractivity contribution in [3.8, 4) is 22.4 Å². The van der Waals surface area contributed by atoms with Gasteiger partial charge in [-0.2, -0.15) is 0 Å². The number of rotatable bonds is 8. The topological polar surface area (TPSA) is 84.6 Å². The van der Waals surface area contributed by atoms with Gasteiger partial charge in [-0.05, 0) is 48.4 Å². The zero-order valence-corrected chi connectivity index (χ0v) is 21.0. The van der Waals surface area contributed by atoms with Gasteiger partial charge >= 0.3 is 0 Å². The second-order valence-electron chi connectivity index (χ2n) is 9.41. The van der Waals surface area contributed by atoms with Crippen LogP contribution in [-0.4, -0.2) is 35.5 Å². The molecule has 2 aromatic carbocycles. The van der Waals surface area contributed by atoms with Crippen LogP contribution in [-0.2, 0) is 23.0 Å². The molecule has 7 nitrogen and oxygen atoms in total. The van der Waals surface area contributed by atoms with Gasteiger partial charge in [0.05, 0.1) is 22.2 Å². The van der Waals surface area contributed by atoms with E-state index in [2.05, 4.69) is 41.9 Å². The number of hydrogen-bond donors (Lipinski definition) is 2. The predicted molar refractivity (Wildman–Crippen MR) is 141 cm³/mol. The average Bonchev–Trinajstić information content (AvgIpc) is 2.95. The number of aliphatic hydroxyl groups is 1. The minimum absolute atomic E-state index is 0.204. The van der Waals surface area contributed by atoms with Crippen molar-refractivity contribution < 1.29 is 24.0 Å². The Morgan fingerprint density at radius 2 is 1.81 bits per heavy atom. The molecule has 1 aliphatic rings. The van der Waals surface area contributed by atoms with Crippen LogP contribution in [0.3, 0.4) is 0 Å². The molecule has 1 aliphatic heterocycles. The first-order chi connectivity index (χ1) is 18.1. The molecule has 5 rings (SSSR count). The number of aliphatic hydroxyl groups excluding tert-OH is 1. The molecular weight excluding hydrogens is 466 g/mol. The van der Waals surface area contributed by atoms with E-state index in [1.807, 2.05) is 48.3 Å². The summed E-state index contributed by atoms with van der Waals surface area (Å²) < 4.78 is 7.47. The zero-order valence-electron chi connectivity index (χ0n) is 21.0. The van der Waals surface area contributed by atoms with Crippen molar-refractivity contribution in [3.63, 3.8) is 0 Å². The molecule has 0 radical (unpaired) electrons. The summed E-state index contributed by atoms with van der Waals surface area (Å²) in [7, 11) is 1.92. The van der Waals surface area contributed by atoms with Gasteiger partial charge in [-0.25, -0.2) is 19.9 Å². The first-order valence-electron chi connectivity index (χ1n) is 12.8. The fourth-order valence-corrected chi connectivity index (χ4v) is 4.57. The highest BCUT2D eigenvalue weighted by Gasteiger charge is 2.20. The molecule has 1 saturated heterocycles. The van der Waals surface area contributed by atoms with Crippen LogP contribution in [0, 0.1) is 0 Å². The van der Waals surface area contributed by atoms with Crippen molar-refractivity contribution in [2.75, 3.05) is 13.2 Å². The Kier molecular flexibility index (Phi) is 7.84. The number of benzene rings is 2. The number of carbonyl (C=O) groups excluding carboxylic acids is 1. The molecule has 0 aliphatic carbocycles. The summed E-state index contributed by atoms with van der Waals surface area (Å²) in [5, 5.41) is 9.79. The van der Waals surface area contributed by atoms with Gasteiger partial charge in [0.25, 0.3) is 5.91 Å². The molecule has 0 saturated carbocycles. The third-order valence-corrected chi connectivity index (χ3v) is 6.65. The number of fused-ring (bicyclic) bond motifs is 1. The standard InChI is InChI=1S/C30H31N3O4/c1-33-16-15-27-26(20-33)25(30(35)32-37-29-6-2-3-18-36-29)19-28(31-27)24-13-11-23(12-14-24)22-9-7-21(8-10-22)5-4-17-34/h7-16,19-20,29,34H,2-6,17-18H2,1H3/p+1. The van der Waals surface area contributed by atoms with Crippen molar-refractivity contribution in [2.24, 2.45) is 7.05 Å². The largest absolute Gasteiger partial charge is 0.396 e. The number of nitrogens with zero attached hydrogens (tertiary/aromatic N) is 2. The quantitative estimate of drug-likeness (QED) is 0.276. The van der Waals surface area contributed by atoms with Crippen LogP contribution in [0.25, 0.3) is 33.3 Å². The fraction of sp³-hybridized carbons (Fsp3) is 0.300. The van der Waals surface area contributed by atoms with Gasteiger partial charge in [0, 0.05) is 31.3 Å². The van der Waals surface area contributed by atoms with Crippen LogP contribution in [0.15, 0.2) is 73.1 Å². The third-order valence-electron chi connectivity index (χ3n) is 6.65.